The van der Waals surface area contributed by atoms with Crippen molar-refractivity contribution in [1.29, 1.82) is 0 Å². The van der Waals surface area contributed by atoms with Crippen LogP contribution < -0.4 is 5.32 Å². The summed E-state index contributed by atoms with van der Waals surface area (Å²) in [6.07, 6.45) is 2.05. The van der Waals surface area contributed by atoms with Crippen LogP contribution in [0.1, 0.15) is 25.3 Å². The highest BCUT2D eigenvalue weighted by Gasteiger charge is 2.20. The second kappa shape index (κ2) is 6.75. The Morgan fingerprint density at radius 2 is 1.85 bits per heavy atom. The molecule has 20 heavy (non-hydrogen) atoms. The van der Waals surface area contributed by atoms with E-state index in [0.717, 1.165) is 32.5 Å². The number of hydrogen-bond acceptors (Lipinski definition) is 3. The third kappa shape index (κ3) is 4.23. The van der Waals surface area contributed by atoms with Crippen LogP contribution in [0.25, 0.3) is 0 Å². The third-order valence-electron chi connectivity index (χ3n) is 3.76. The van der Waals surface area contributed by atoms with E-state index in [1.54, 1.807) is 6.92 Å². The number of hydrogen-bond donors (Lipinski definition) is 1. The predicted molar refractivity (Wildman–Crippen MR) is 82.7 cm³/mol. The van der Waals surface area contributed by atoms with E-state index in [4.69, 9.17) is 0 Å². The first kappa shape index (κ1) is 14.9. The molecule has 1 N–H and O–H groups in total. The van der Waals surface area contributed by atoms with E-state index < -0.39 is 0 Å². The van der Waals surface area contributed by atoms with Crippen LogP contribution in [0.5, 0.6) is 0 Å². The molecule has 1 aromatic rings. The Morgan fingerprint density at radius 3 is 2.35 bits per heavy atom. The summed E-state index contributed by atoms with van der Waals surface area (Å²) in [4.78, 5) is 15.4. The zero-order valence-electron chi connectivity index (χ0n) is 12.7. The van der Waals surface area contributed by atoms with Gasteiger partial charge in [0.25, 0.3) is 0 Å². The van der Waals surface area contributed by atoms with E-state index in [2.05, 4.69) is 48.6 Å². The van der Waals surface area contributed by atoms with Crippen molar-refractivity contribution in [2.75, 3.05) is 32.5 Å². The van der Waals surface area contributed by atoms with E-state index >= 15 is 0 Å². The van der Waals surface area contributed by atoms with Crippen molar-refractivity contribution in [3.63, 3.8) is 0 Å². The molecule has 0 spiro atoms. The van der Waals surface area contributed by atoms with E-state index in [1.165, 1.54) is 11.3 Å². The molecule has 0 aliphatic carbocycles. The Morgan fingerprint density at radius 1 is 1.25 bits per heavy atom. The highest BCUT2D eigenvalue weighted by molar-refractivity contribution is 5.73. The van der Waals surface area contributed by atoms with Gasteiger partial charge in [-0.05, 0) is 44.6 Å². The molecule has 4 nitrogen and oxygen atoms in total. The molecule has 1 fully saturated rings. The van der Waals surface area contributed by atoms with Crippen molar-refractivity contribution in [3.8, 4) is 0 Å². The average molecular weight is 275 g/mol. The first-order valence-corrected chi connectivity index (χ1v) is 7.30. The van der Waals surface area contributed by atoms with Crippen molar-refractivity contribution in [1.82, 2.24) is 9.80 Å². The van der Waals surface area contributed by atoms with Gasteiger partial charge < -0.3 is 15.1 Å². The zero-order chi connectivity index (χ0) is 14.5. The Balaban J connectivity index is 1.83. The van der Waals surface area contributed by atoms with Gasteiger partial charge in [-0.3, -0.25) is 4.79 Å². The first-order chi connectivity index (χ1) is 9.54. The summed E-state index contributed by atoms with van der Waals surface area (Å²) in [5.41, 5.74) is 2.50. The fourth-order valence-corrected chi connectivity index (χ4v) is 2.65. The molecule has 1 amide bonds. The Kier molecular flexibility index (Phi) is 5.01. The summed E-state index contributed by atoms with van der Waals surface area (Å²) < 4.78 is 0. The molecule has 110 valence electrons. The van der Waals surface area contributed by atoms with E-state index in [-0.39, 0.29) is 5.91 Å². The average Bonchev–Trinajstić information content (AvgIpc) is 2.41. The minimum absolute atomic E-state index is 0.191. The molecule has 0 bridgehead atoms. The maximum absolute atomic E-state index is 11.3. The third-order valence-corrected chi connectivity index (χ3v) is 3.76. The van der Waals surface area contributed by atoms with Crippen molar-refractivity contribution in [2.45, 2.75) is 32.4 Å². The number of benzene rings is 1. The molecule has 4 heteroatoms. The van der Waals surface area contributed by atoms with Crippen molar-refractivity contribution >= 4 is 11.6 Å². The molecule has 1 aliphatic rings. The zero-order valence-corrected chi connectivity index (χ0v) is 12.7. The number of nitrogens with one attached hydrogen (secondary N) is 1. The van der Waals surface area contributed by atoms with Gasteiger partial charge in [0.2, 0.25) is 5.91 Å². The summed E-state index contributed by atoms with van der Waals surface area (Å²) in [6.45, 7) is 4.35. The lowest BCUT2D eigenvalue weighted by Crippen LogP contribution is -2.41. The highest BCUT2D eigenvalue weighted by atomic mass is 16.2. The number of piperidine rings is 1. The monoisotopic (exact) mass is 275 g/mol. The molecular weight excluding hydrogens is 250 g/mol. The molecule has 1 aliphatic heterocycles. The van der Waals surface area contributed by atoms with Crippen LogP contribution in [0, 0.1) is 0 Å². The fourth-order valence-electron chi connectivity index (χ4n) is 2.65. The molecule has 0 radical (unpaired) electrons. The van der Waals surface area contributed by atoms with Crippen LogP contribution in [0.4, 0.5) is 5.69 Å². The van der Waals surface area contributed by atoms with Crippen LogP contribution in [0.2, 0.25) is 0 Å². The second-order valence-corrected chi connectivity index (χ2v) is 5.86. The van der Waals surface area contributed by atoms with Gasteiger partial charge in [-0.25, -0.2) is 0 Å². The summed E-state index contributed by atoms with van der Waals surface area (Å²) >= 11 is 0. The largest absolute Gasteiger partial charge is 0.382 e. The van der Waals surface area contributed by atoms with Crippen molar-refractivity contribution in [3.05, 3.63) is 29.8 Å². The standard InChI is InChI=1S/C16H25N3O/c1-13(20)19-10-8-16(9-11-19)17-15-6-4-14(5-7-15)12-18(2)3/h4-7,16-17H,8-12H2,1-3H3. The topological polar surface area (TPSA) is 35.6 Å². The smallest absolute Gasteiger partial charge is 0.219 e. The molecule has 1 aromatic carbocycles. The molecule has 1 saturated heterocycles. The van der Waals surface area contributed by atoms with Crippen molar-refractivity contribution < 1.29 is 4.79 Å². The van der Waals surface area contributed by atoms with Crippen LogP contribution >= 0.6 is 0 Å². The Bertz CT molecular complexity index is 434. The minimum Gasteiger partial charge on any atom is -0.382 e. The maximum atomic E-state index is 11.3. The lowest BCUT2D eigenvalue weighted by Gasteiger charge is -2.32. The van der Waals surface area contributed by atoms with Gasteiger partial charge in [-0.1, -0.05) is 12.1 Å². The number of rotatable bonds is 4. The summed E-state index contributed by atoms with van der Waals surface area (Å²) in [5.74, 6) is 0.191. The summed E-state index contributed by atoms with van der Waals surface area (Å²) in [5, 5.41) is 3.57. The van der Waals surface area contributed by atoms with Crippen molar-refractivity contribution in [2.24, 2.45) is 0 Å². The molecule has 0 unspecified atom stereocenters. The number of likely N-dealkylation sites (tertiary alicyclic amines) is 1. The highest BCUT2D eigenvalue weighted by Crippen LogP contribution is 2.17. The molecule has 0 saturated carbocycles. The number of carbonyl (C=O) groups is 1. The Labute approximate surface area is 121 Å². The minimum atomic E-state index is 0.191. The SMILES string of the molecule is CC(=O)N1CCC(Nc2ccc(CN(C)C)cc2)CC1. The molecule has 0 atom stereocenters. The summed E-state index contributed by atoms with van der Waals surface area (Å²) in [6, 6.07) is 9.12. The van der Waals surface area contributed by atoms with Gasteiger partial charge in [0.15, 0.2) is 0 Å². The van der Waals surface area contributed by atoms with E-state index in [0.29, 0.717) is 6.04 Å². The lowest BCUT2D eigenvalue weighted by molar-refractivity contribution is -0.129. The molecule has 1 heterocycles. The van der Waals surface area contributed by atoms with Gasteiger partial charge in [0.05, 0.1) is 0 Å². The van der Waals surface area contributed by atoms with Crippen LogP contribution in [-0.4, -0.2) is 48.9 Å². The van der Waals surface area contributed by atoms with Gasteiger partial charge in [-0.2, -0.15) is 0 Å². The van der Waals surface area contributed by atoms with Gasteiger partial charge in [0, 0.05) is 38.3 Å². The van der Waals surface area contributed by atoms with Crippen LogP contribution in [0.15, 0.2) is 24.3 Å². The second-order valence-electron chi connectivity index (χ2n) is 5.86. The summed E-state index contributed by atoms with van der Waals surface area (Å²) in [7, 11) is 4.16. The quantitative estimate of drug-likeness (QED) is 0.915. The molecular formula is C16H25N3O. The fraction of sp³-hybridized carbons (Fsp3) is 0.562. The number of nitrogens with zero attached hydrogens (tertiary/aromatic N) is 2. The maximum Gasteiger partial charge on any atom is 0.219 e. The van der Waals surface area contributed by atoms with Gasteiger partial charge >= 0.3 is 0 Å². The van der Waals surface area contributed by atoms with E-state index in [9.17, 15) is 4.79 Å². The van der Waals surface area contributed by atoms with Crippen LogP contribution in [0.3, 0.4) is 0 Å². The number of carbonyl (C=O) groups excluding carboxylic acids is 1. The first-order valence-electron chi connectivity index (χ1n) is 7.30. The van der Waals surface area contributed by atoms with Gasteiger partial charge in [-0.15, -0.1) is 0 Å². The van der Waals surface area contributed by atoms with Gasteiger partial charge in [0.1, 0.15) is 0 Å². The predicted octanol–water partition coefficient (Wildman–Crippen LogP) is 2.17. The number of anilines is 1. The van der Waals surface area contributed by atoms with Crippen LogP contribution in [-0.2, 0) is 11.3 Å². The normalized spacial score (nSPS) is 16.5. The van der Waals surface area contributed by atoms with E-state index in [1.807, 2.05) is 4.90 Å². The Hall–Kier alpha value is -1.55. The molecule has 2 rings (SSSR count). The molecule has 0 aromatic heterocycles. The lowest BCUT2D eigenvalue weighted by atomic mass is 10.0. The number of amides is 1.